The fourth-order valence-corrected chi connectivity index (χ4v) is 1.10. The summed E-state index contributed by atoms with van der Waals surface area (Å²) >= 11 is 0. The van der Waals surface area contributed by atoms with Gasteiger partial charge in [-0.1, -0.05) is 0 Å². The molecule has 13 heteroatoms. The molecular weight excluding hydrogens is 343 g/mol. The van der Waals surface area contributed by atoms with Crippen molar-refractivity contribution in [1.29, 1.82) is 0 Å². The fourth-order valence-electron chi connectivity index (χ4n) is 1.10. The molecule has 124 valence electrons. The van der Waals surface area contributed by atoms with E-state index in [4.69, 9.17) is 0 Å². The van der Waals surface area contributed by atoms with E-state index in [0.717, 1.165) is 0 Å². The maximum absolute atomic E-state index is 13.0. The lowest BCUT2D eigenvalue weighted by Gasteiger charge is -2.41. The van der Waals surface area contributed by atoms with Gasteiger partial charge in [-0.3, -0.25) is 0 Å². The van der Waals surface area contributed by atoms with Crippen LogP contribution in [-0.4, -0.2) is 35.8 Å². The molecule has 0 rings (SSSR count). The van der Waals surface area contributed by atoms with Gasteiger partial charge in [0.2, 0.25) is 0 Å². The lowest BCUT2D eigenvalue weighted by atomic mass is 9.83. The van der Waals surface area contributed by atoms with Crippen molar-refractivity contribution >= 4 is 0 Å². The van der Waals surface area contributed by atoms with Gasteiger partial charge in [0.1, 0.15) is 0 Å². The zero-order chi connectivity index (χ0) is 17.7. The predicted molar refractivity (Wildman–Crippen MR) is 39.6 cm³/mol. The number of halogens is 13. The summed E-state index contributed by atoms with van der Waals surface area (Å²) in [7, 11) is 0. The predicted octanol–water partition coefficient (Wildman–Crippen LogP) is 4.36. The summed E-state index contributed by atoms with van der Waals surface area (Å²) in [6.07, 6.45) is -18.7. The lowest BCUT2D eigenvalue weighted by molar-refractivity contribution is -0.427. The highest BCUT2D eigenvalue weighted by molar-refractivity contribution is 5.26. The highest BCUT2D eigenvalue weighted by Crippen LogP contribution is 2.61. The second-order valence-electron chi connectivity index (χ2n) is 3.53. The van der Waals surface area contributed by atoms with Gasteiger partial charge in [-0.15, -0.1) is 6.42 Å². The van der Waals surface area contributed by atoms with Gasteiger partial charge in [0.15, 0.2) is 0 Å². The van der Waals surface area contributed by atoms with Crippen molar-refractivity contribution in [3.8, 4) is 12.3 Å². The number of alkyl halides is 13. The van der Waals surface area contributed by atoms with E-state index < -0.39 is 41.7 Å². The number of rotatable bonds is 2. The summed E-state index contributed by atoms with van der Waals surface area (Å²) in [5, 5.41) is 0. The molecule has 0 amide bonds. The van der Waals surface area contributed by atoms with Gasteiger partial charge >= 0.3 is 35.8 Å². The minimum absolute atomic E-state index is 0.573. The van der Waals surface area contributed by atoms with Gasteiger partial charge in [0.05, 0.1) is 0 Å². The molecule has 0 aliphatic carbocycles. The minimum Gasteiger partial charge on any atom is -0.216 e. The van der Waals surface area contributed by atoms with E-state index in [2.05, 4.69) is 6.42 Å². The van der Waals surface area contributed by atoms with Crippen molar-refractivity contribution in [2.45, 2.75) is 35.8 Å². The van der Waals surface area contributed by atoms with Gasteiger partial charge in [-0.25, -0.2) is 8.78 Å². The summed E-state index contributed by atoms with van der Waals surface area (Å²) in [5.41, 5.74) is -14.7. The standard InChI is InChI=1S/C8HF13/c1-2-3(9,6(13,14)15)5(11,12)4(10,7(16,17)18)8(19,20)21/h1H/t3-/m0/s1. The van der Waals surface area contributed by atoms with Crippen LogP contribution in [0.25, 0.3) is 0 Å². The third-order valence-corrected chi connectivity index (χ3v) is 2.24. The quantitative estimate of drug-likeness (QED) is 0.516. The maximum Gasteiger partial charge on any atom is 0.440 e. The molecule has 0 aromatic carbocycles. The molecule has 0 fully saturated rings. The van der Waals surface area contributed by atoms with Crippen LogP contribution in [0.1, 0.15) is 0 Å². The highest BCUT2D eigenvalue weighted by atomic mass is 19.4. The summed E-state index contributed by atoms with van der Waals surface area (Å²) in [6.45, 7) is 0. The summed E-state index contributed by atoms with van der Waals surface area (Å²) < 4.78 is 160. The van der Waals surface area contributed by atoms with Crippen LogP contribution in [0.3, 0.4) is 0 Å². The number of hydrogen-bond acceptors (Lipinski definition) is 0. The zero-order valence-corrected chi connectivity index (χ0v) is 8.99. The monoisotopic (exact) mass is 344 g/mol. The average molecular weight is 344 g/mol. The van der Waals surface area contributed by atoms with Crippen LogP contribution < -0.4 is 0 Å². The summed E-state index contributed by atoms with van der Waals surface area (Å²) in [5.74, 6) is -8.31. The molecule has 0 saturated heterocycles. The number of terminal acetylenes is 1. The molecule has 0 aliphatic heterocycles. The van der Waals surface area contributed by atoms with Crippen LogP contribution in [0.5, 0.6) is 0 Å². The third-order valence-electron chi connectivity index (χ3n) is 2.24. The Bertz CT molecular complexity index is 415. The molecule has 0 nitrogen and oxygen atoms in total. The van der Waals surface area contributed by atoms with Gasteiger partial charge in [-0.05, 0) is 5.92 Å². The van der Waals surface area contributed by atoms with Gasteiger partial charge in [0, 0.05) is 0 Å². The molecule has 21 heavy (non-hydrogen) atoms. The molecule has 0 bridgehead atoms. The second-order valence-corrected chi connectivity index (χ2v) is 3.53. The van der Waals surface area contributed by atoms with Crippen LogP contribution in [0.15, 0.2) is 0 Å². The average Bonchev–Trinajstić information content (AvgIpc) is 2.21. The van der Waals surface area contributed by atoms with E-state index in [1.54, 1.807) is 0 Å². The molecular formula is C8HF13. The lowest BCUT2D eigenvalue weighted by Crippen LogP contribution is -2.73. The number of hydrogen-bond donors (Lipinski definition) is 0. The van der Waals surface area contributed by atoms with Crippen LogP contribution in [0.4, 0.5) is 57.1 Å². The Morgan fingerprint density at radius 1 is 0.524 bits per heavy atom. The van der Waals surface area contributed by atoms with Crippen molar-refractivity contribution in [2.75, 3.05) is 0 Å². The van der Waals surface area contributed by atoms with Crippen molar-refractivity contribution < 1.29 is 57.1 Å². The Balaban J connectivity index is 6.63. The van der Waals surface area contributed by atoms with Crippen molar-refractivity contribution in [3.63, 3.8) is 0 Å². The molecule has 0 heterocycles. The Hall–Kier alpha value is -1.35. The van der Waals surface area contributed by atoms with E-state index >= 15 is 0 Å². The topological polar surface area (TPSA) is 0 Å². The van der Waals surface area contributed by atoms with Crippen LogP contribution >= 0.6 is 0 Å². The van der Waals surface area contributed by atoms with Crippen molar-refractivity contribution in [2.24, 2.45) is 0 Å². The minimum atomic E-state index is -7.86. The van der Waals surface area contributed by atoms with Crippen molar-refractivity contribution in [1.82, 2.24) is 0 Å². The normalized spacial score (nSPS) is 18.1. The van der Waals surface area contributed by atoms with E-state index in [-0.39, 0.29) is 0 Å². The van der Waals surface area contributed by atoms with Crippen molar-refractivity contribution in [3.05, 3.63) is 0 Å². The molecule has 0 saturated carbocycles. The van der Waals surface area contributed by atoms with Crippen LogP contribution in [0, 0.1) is 12.3 Å². The molecule has 0 aromatic heterocycles. The Kier molecular flexibility index (Phi) is 4.28. The molecule has 0 N–H and O–H groups in total. The Morgan fingerprint density at radius 2 is 0.810 bits per heavy atom. The summed E-state index contributed by atoms with van der Waals surface area (Å²) in [4.78, 5) is 0. The van der Waals surface area contributed by atoms with Gasteiger partial charge in [-0.2, -0.15) is 48.3 Å². The molecule has 0 aliphatic rings. The highest BCUT2D eigenvalue weighted by Gasteiger charge is 2.92. The first kappa shape index (κ1) is 19.7. The van der Waals surface area contributed by atoms with E-state index in [9.17, 15) is 57.1 Å². The van der Waals surface area contributed by atoms with Gasteiger partial charge in [0.25, 0.3) is 0 Å². The first-order chi connectivity index (χ1) is 8.81. The molecule has 0 spiro atoms. The Labute approximate surface area is 106 Å². The zero-order valence-electron chi connectivity index (χ0n) is 8.99. The van der Waals surface area contributed by atoms with E-state index in [1.165, 1.54) is 0 Å². The molecule has 0 aromatic rings. The Morgan fingerprint density at radius 3 is 0.952 bits per heavy atom. The first-order valence-electron chi connectivity index (χ1n) is 4.25. The smallest absolute Gasteiger partial charge is 0.216 e. The second kappa shape index (κ2) is 4.57. The summed E-state index contributed by atoms with van der Waals surface area (Å²) in [6, 6.07) is 0. The van der Waals surface area contributed by atoms with E-state index in [0.29, 0.717) is 0 Å². The largest absolute Gasteiger partial charge is 0.440 e. The molecule has 0 unspecified atom stereocenters. The maximum atomic E-state index is 13.0. The van der Waals surface area contributed by atoms with Crippen LogP contribution in [0.2, 0.25) is 0 Å². The fraction of sp³-hybridized carbons (Fsp3) is 0.750. The van der Waals surface area contributed by atoms with E-state index in [1.807, 2.05) is 0 Å². The first-order valence-corrected chi connectivity index (χ1v) is 4.25. The molecule has 1 atom stereocenters. The molecule has 0 radical (unpaired) electrons. The third kappa shape index (κ3) is 2.38. The van der Waals surface area contributed by atoms with Gasteiger partial charge < -0.3 is 0 Å². The SMILES string of the molecule is C#C[C@@](F)(C(F)(F)F)C(F)(F)C(F)(C(F)(F)F)C(F)(F)F. The van der Waals surface area contributed by atoms with Crippen LogP contribution in [-0.2, 0) is 0 Å².